The maximum atomic E-state index is 3.68. The first kappa shape index (κ1) is 13.4. The summed E-state index contributed by atoms with van der Waals surface area (Å²) in [5, 5.41) is 3.68. The first-order chi connectivity index (χ1) is 8.29. The molecule has 1 N–H and O–H groups in total. The van der Waals surface area contributed by atoms with E-state index in [1.807, 2.05) is 11.8 Å². The second-order valence-electron chi connectivity index (χ2n) is 4.66. The van der Waals surface area contributed by atoms with E-state index in [1.54, 1.807) is 0 Å². The minimum atomic E-state index is 0.712. The Morgan fingerprint density at radius 1 is 1.35 bits per heavy atom. The molecule has 0 heterocycles. The highest BCUT2D eigenvalue weighted by Crippen LogP contribution is 2.35. The van der Waals surface area contributed by atoms with Gasteiger partial charge in [0.25, 0.3) is 0 Å². The molecule has 1 fully saturated rings. The predicted octanol–water partition coefficient (Wildman–Crippen LogP) is 4.32. The fourth-order valence-electron chi connectivity index (χ4n) is 1.91. The second-order valence-corrected chi connectivity index (χ2v) is 6.67. The fourth-order valence-corrected chi connectivity index (χ4v) is 3.26. The van der Waals surface area contributed by atoms with Gasteiger partial charge in [0.05, 0.1) is 0 Å². The van der Waals surface area contributed by atoms with E-state index in [0.29, 0.717) is 6.04 Å². The molecule has 1 unspecified atom stereocenters. The molecule has 1 atom stereocenters. The Balaban J connectivity index is 1.80. The van der Waals surface area contributed by atoms with Crippen LogP contribution in [0.25, 0.3) is 0 Å². The summed E-state index contributed by atoms with van der Waals surface area (Å²) in [6.45, 7) is 3.39. The number of hydrogen-bond acceptors (Lipinski definition) is 2. The van der Waals surface area contributed by atoms with Gasteiger partial charge >= 0.3 is 0 Å². The minimum Gasteiger partial charge on any atom is -0.313 e. The van der Waals surface area contributed by atoms with Crippen LogP contribution in [-0.4, -0.2) is 18.3 Å². The molecular weight excluding hydrogens is 294 g/mol. The van der Waals surface area contributed by atoms with Crippen LogP contribution in [0.15, 0.2) is 33.6 Å². The molecule has 1 aliphatic carbocycles. The molecule has 0 radical (unpaired) electrons. The summed E-state index contributed by atoms with van der Waals surface area (Å²) in [6.07, 6.45) is 4.07. The third-order valence-corrected chi connectivity index (χ3v) is 4.75. The van der Waals surface area contributed by atoms with Crippen molar-refractivity contribution in [2.75, 3.05) is 12.3 Å². The van der Waals surface area contributed by atoms with Gasteiger partial charge in [-0.1, -0.05) is 22.9 Å². The second kappa shape index (κ2) is 6.81. The summed E-state index contributed by atoms with van der Waals surface area (Å²) in [5.74, 6) is 2.14. The Bertz CT molecular complexity index is 335. The van der Waals surface area contributed by atoms with Crippen LogP contribution < -0.4 is 5.32 Å². The van der Waals surface area contributed by atoms with E-state index < -0.39 is 0 Å². The van der Waals surface area contributed by atoms with Crippen LogP contribution in [0.5, 0.6) is 0 Å². The van der Waals surface area contributed by atoms with Crippen molar-refractivity contribution in [2.45, 2.75) is 37.1 Å². The maximum absolute atomic E-state index is 3.68. The summed E-state index contributed by atoms with van der Waals surface area (Å²) in [6, 6.07) is 9.34. The molecule has 0 saturated heterocycles. The zero-order valence-corrected chi connectivity index (χ0v) is 12.7. The standard InChI is InChI=1S/C14H20BrNS/c1-2-9-16-14(11-3-4-11)10-17-13-7-5-12(15)6-8-13/h5-8,11,14,16H,2-4,9-10H2,1H3. The largest absolute Gasteiger partial charge is 0.313 e. The molecule has 1 saturated carbocycles. The van der Waals surface area contributed by atoms with Gasteiger partial charge in [-0.2, -0.15) is 0 Å². The summed E-state index contributed by atoms with van der Waals surface area (Å²) in [5.41, 5.74) is 0. The van der Waals surface area contributed by atoms with Crippen LogP contribution in [-0.2, 0) is 0 Å². The maximum Gasteiger partial charge on any atom is 0.0189 e. The lowest BCUT2D eigenvalue weighted by Gasteiger charge is -2.17. The van der Waals surface area contributed by atoms with Gasteiger partial charge in [-0.25, -0.2) is 0 Å². The highest BCUT2D eigenvalue weighted by molar-refractivity contribution is 9.10. The Morgan fingerprint density at radius 3 is 2.65 bits per heavy atom. The molecule has 0 aliphatic heterocycles. The lowest BCUT2D eigenvalue weighted by Crippen LogP contribution is -2.33. The van der Waals surface area contributed by atoms with Gasteiger partial charge in [-0.3, -0.25) is 0 Å². The summed E-state index contributed by atoms with van der Waals surface area (Å²) >= 11 is 5.44. The molecule has 0 aromatic heterocycles. The van der Waals surface area contributed by atoms with E-state index in [1.165, 1.54) is 29.9 Å². The normalized spacial score (nSPS) is 17.1. The van der Waals surface area contributed by atoms with Crippen molar-refractivity contribution in [1.29, 1.82) is 0 Å². The Hall–Kier alpha value is 0.01000. The minimum absolute atomic E-state index is 0.712. The zero-order chi connectivity index (χ0) is 12.1. The van der Waals surface area contributed by atoms with Gasteiger partial charge in [0, 0.05) is 21.2 Å². The van der Waals surface area contributed by atoms with Gasteiger partial charge in [0.1, 0.15) is 0 Å². The van der Waals surface area contributed by atoms with Crippen LogP contribution in [0.4, 0.5) is 0 Å². The number of halogens is 1. The van der Waals surface area contributed by atoms with Crippen molar-refractivity contribution >= 4 is 27.7 Å². The third kappa shape index (κ3) is 4.65. The first-order valence-corrected chi connectivity index (χ1v) is 8.19. The molecule has 17 heavy (non-hydrogen) atoms. The fraction of sp³-hybridized carbons (Fsp3) is 0.571. The van der Waals surface area contributed by atoms with Crippen LogP contribution in [0.2, 0.25) is 0 Å². The highest BCUT2D eigenvalue weighted by Gasteiger charge is 2.30. The van der Waals surface area contributed by atoms with E-state index >= 15 is 0 Å². The molecule has 3 heteroatoms. The van der Waals surface area contributed by atoms with Crippen molar-refractivity contribution in [2.24, 2.45) is 5.92 Å². The molecule has 0 spiro atoms. The number of nitrogens with one attached hydrogen (secondary N) is 1. The van der Waals surface area contributed by atoms with Crippen molar-refractivity contribution in [3.63, 3.8) is 0 Å². The molecule has 0 amide bonds. The summed E-state index contributed by atoms with van der Waals surface area (Å²) in [7, 11) is 0. The van der Waals surface area contributed by atoms with Crippen LogP contribution in [0.3, 0.4) is 0 Å². The van der Waals surface area contributed by atoms with E-state index in [2.05, 4.69) is 52.4 Å². The van der Waals surface area contributed by atoms with Crippen LogP contribution in [0, 0.1) is 5.92 Å². The monoisotopic (exact) mass is 313 g/mol. The molecule has 1 aliphatic rings. The number of thioether (sulfide) groups is 1. The Labute approximate surface area is 117 Å². The number of hydrogen-bond donors (Lipinski definition) is 1. The van der Waals surface area contributed by atoms with Crippen LogP contribution >= 0.6 is 27.7 Å². The molecule has 1 aromatic carbocycles. The Kier molecular flexibility index (Phi) is 5.39. The molecule has 2 rings (SSSR count). The van der Waals surface area contributed by atoms with Crippen molar-refractivity contribution in [3.8, 4) is 0 Å². The van der Waals surface area contributed by atoms with E-state index in [0.717, 1.165) is 16.9 Å². The molecule has 1 nitrogen and oxygen atoms in total. The average Bonchev–Trinajstić information content (AvgIpc) is 3.16. The summed E-state index contributed by atoms with van der Waals surface area (Å²) < 4.78 is 1.16. The zero-order valence-electron chi connectivity index (χ0n) is 10.3. The Morgan fingerprint density at radius 2 is 2.06 bits per heavy atom. The van der Waals surface area contributed by atoms with Gasteiger partial charge in [0.15, 0.2) is 0 Å². The molecule has 94 valence electrons. The van der Waals surface area contributed by atoms with E-state index in [-0.39, 0.29) is 0 Å². The van der Waals surface area contributed by atoms with Crippen LogP contribution in [0.1, 0.15) is 26.2 Å². The van der Waals surface area contributed by atoms with E-state index in [9.17, 15) is 0 Å². The van der Waals surface area contributed by atoms with Gasteiger partial charge in [-0.15, -0.1) is 11.8 Å². The average molecular weight is 314 g/mol. The predicted molar refractivity (Wildman–Crippen MR) is 79.7 cm³/mol. The topological polar surface area (TPSA) is 12.0 Å². The molecular formula is C14H20BrNS. The van der Waals surface area contributed by atoms with Crippen molar-refractivity contribution < 1.29 is 0 Å². The number of rotatable bonds is 7. The lowest BCUT2D eigenvalue weighted by atomic mass is 10.2. The van der Waals surface area contributed by atoms with Gasteiger partial charge < -0.3 is 5.32 Å². The molecule has 0 bridgehead atoms. The summed E-state index contributed by atoms with van der Waals surface area (Å²) in [4.78, 5) is 1.37. The third-order valence-electron chi connectivity index (χ3n) is 3.09. The van der Waals surface area contributed by atoms with Gasteiger partial charge in [-0.05, 0) is 56.0 Å². The smallest absolute Gasteiger partial charge is 0.0189 e. The van der Waals surface area contributed by atoms with Crippen molar-refractivity contribution in [3.05, 3.63) is 28.7 Å². The highest BCUT2D eigenvalue weighted by atomic mass is 79.9. The first-order valence-electron chi connectivity index (χ1n) is 6.41. The lowest BCUT2D eigenvalue weighted by molar-refractivity contribution is 0.503. The van der Waals surface area contributed by atoms with Gasteiger partial charge in [0.2, 0.25) is 0 Å². The quantitative estimate of drug-likeness (QED) is 0.752. The number of benzene rings is 1. The van der Waals surface area contributed by atoms with E-state index in [4.69, 9.17) is 0 Å². The molecule has 1 aromatic rings. The van der Waals surface area contributed by atoms with Crippen molar-refractivity contribution in [1.82, 2.24) is 5.32 Å². The SMILES string of the molecule is CCCNC(CSc1ccc(Br)cc1)C1CC1.